The van der Waals surface area contributed by atoms with Crippen LogP contribution in [-0.2, 0) is 9.59 Å². The van der Waals surface area contributed by atoms with Gasteiger partial charge in [-0.3, -0.25) is 9.59 Å². The molecule has 0 radical (unpaired) electrons. The zero-order valence-electron chi connectivity index (χ0n) is 13.0. The summed E-state index contributed by atoms with van der Waals surface area (Å²) >= 11 is 0. The molecular weight excluding hydrogens is 242 g/mol. The molecule has 4 heteroatoms. The van der Waals surface area contributed by atoms with Crippen molar-refractivity contribution >= 4 is 11.9 Å². The molecule has 1 saturated carbocycles. The minimum absolute atomic E-state index is 0.0000463. The lowest BCUT2D eigenvalue weighted by molar-refractivity contribution is -0.139. The number of carboxylic acids is 1. The third-order valence-electron chi connectivity index (χ3n) is 5.51. The molecule has 0 spiro atoms. The molecule has 1 aliphatic carbocycles. The highest BCUT2D eigenvalue weighted by Gasteiger charge is 2.68. The SMILES string of the molecule is CCC(CC)(CC(=O)O)NC(=O)C1C(C)(C)C1(C)C. The normalized spacial score (nSPS) is 20.9. The van der Waals surface area contributed by atoms with Crippen LogP contribution in [-0.4, -0.2) is 22.5 Å². The number of nitrogens with one attached hydrogen (secondary N) is 1. The molecule has 0 unspecified atom stereocenters. The largest absolute Gasteiger partial charge is 0.481 e. The lowest BCUT2D eigenvalue weighted by atomic mass is 9.88. The molecule has 110 valence electrons. The first-order chi connectivity index (χ1) is 8.54. The molecular formula is C15H27NO3. The summed E-state index contributed by atoms with van der Waals surface area (Å²) < 4.78 is 0. The minimum atomic E-state index is -0.863. The van der Waals surface area contributed by atoms with Crippen LogP contribution in [0.25, 0.3) is 0 Å². The predicted molar refractivity (Wildman–Crippen MR) is 74.8 cm³/mol. The first kappa shape index (κ1) is 16.0. The Morgan fingerprint density at radius 2 is 1.53 bits per heavy atom. The summed E-state index contributed by atoms with van der Waals surface area (Å²) in [6, 6.07) is 0. The minimum Gasteiger partial charge on any atom is -0.481 e. The third-order valence-corrected chi connectivity index (χ3v) is 5.51. The molecule has 0 aromatic rings. The summed E-state index contributed by atoms with van der Waals surface area (Å²) in [6.45, 7) is 12.2. The van der Waals surface area contributed by atoms with E-state index in [9.17, 15) is 9.59 Å². The molecule has 1 fully saturated rings. The lowest BCUT2D eigenvalue weighted by Gasteiger charge is -2.31. The number of rotatable bonds is 6. The summed E-state index contributed by atoms with van der Waals surface area (Å²) in [7, 11) is 0. The molecule has 0 atom stereocenters. The average Bonchev–Trinajstić information content (AvgIpc) is 2.67. The topological polar surface area (TPSA) is 66.4 Å². The van der Waals surface area contributed by atoms with Gasteiger partial charge >= 0.3 is 5.97 Å². The van der Waals surface area contributed by atoms with Gasteiger partial charge in [0.2, 0.25) is 5.91 Å². The number of amides is 1. The predicted octanol–water partition coefficient (Wildman–Crippen LogP) is 2.82. The molecule has 0 heterocycles. The van der Waals surface area contributed by atoms with Crippen molar-refractivity contribution in [3.8, 4) is 0 Å². The van der Waals surface area contributed by atoms with Gasteiger partial charge in [0, 0.05) is 11.5 Å². The number of carboxylic acid groups (broad SMARTS) is 1. The second-order valence-electron chi connectivity index (χ2n) is 6.92. The van der Waals surface area contributed by atoms with Gasteiger partial charge in [0.15, 0.2) is 0 Å². The van der Waals surface area contributed by atoms with Gasteiger partial charge in [-0.2, -0.15) is 0 Å². The monoisotopic (exact) mass is 269 g/mol. The van der Waals surface area contributed by atoms with Gasteiger partial charge in [-0.25, -0.2) is 0 Å². The van der Waals surface area contributed by atoms with E-state index in [1.807, 2.05) is 13.8 Å². The van der Waals surface area contributed by atoms with Crippen LogP contribution in [0.15, 0.2) is 0 Å². The molecule has 0 aromatic heterocycles. The Bertz CT molecular complexity index is 367. The third kappa shape index (κ3) is 2.63. The van der Waals surface area contributed by atoms with Crippen molar-refractivity contribution in [3.63, 3.8) is 0 Å². The maximum Gasteiger partial charge on any atom is 0.305 e. The van der Waals surface area contributed by atoms with Gasteiger partial charge in [-0.1, -0.05) is 41.5 Å². The van der Waals surface area contributed by atoms with Gasteiger partial charge in [-0.05, 0) is 23.7 Å². The van der Waals surface area contributed by atoms with Crippen LogP contribution in [0.4, 0.5) is 0 Å². The molecule has 1 aliphatic rings. The van der Waals surface area contributed by atoms with E-state index < -0.39 is 11.5 Å². The highest BCUT2D eigenvalue weighted by Crippen LogP contribution is 2.68. The van der Waals surface area contributed by atoms with E-state index in [0.717, 1.165) is 0 Å². The summed E-state index contributed by atoms with van der Waals surface area (Å²) in [5.74, 6) is -0.899. The Kier molecular flexibility index (Phi) is 4.04. The standard InChI is InChI=1S/C15H27NO3/c1-7-15(8-2,9-10(17)18)16-12(19)11-13(3,4)14(11,5)6/h11H,7-9H2,1-6H3,(H,16,19)(H,17,18). The summed E-state index contributed by atoms with van der Waals surface area (Å²) in [4.78, 5) is 23.5. The molecule has 0 bridgehead atoms. The fourth-order valence-corrected chi connectivity index (χ4v) is 3.20. The lowest BCUT2D eigenvalue weighted by Crippen LogP contribution is -2.50. The zero-order chi connectivity index (χ0) is 15.1. The number of hydrogen-bond acceptors (Lipinski definition) is 2. The zero-order valence-corrected chi connectivity index (χ0v) is 13.0. The van der Waals surface area contributed by atoms with E-state index in [2.05, 4.69) is 33.0 Å². The quantitative estimate of drug-likeness (QED) is 0.779. The van der Waals surface area contributed by atoms with Crippen LogP contribution in [0.5, 0.6) is 0 Å². The first-order valence-electron chi connectivity index (χ1n) is 7.08. The van der Waals surface area contributed by atoms with Gasteiger partial charge in [-0.15, -0.1) is 0 Å². The van der Waals surface area contributed by atoms with Crippen molar-refractivity contribution in [1.82, 2.24) is 5.32 Å². The fraction of sp³-hybridized carbons (Fsp3) is 0.867. The van der Waals surface area contributed by atoms with Crippen LogP contribution >= 0.6 is 0 Å². The van der Waals surface area contributed by atoms with Gasteiger partial charge in [0.25, 0.3) is 0 Å². The van der Waals surface area contributed by atoms with Gasteiger partial charge in [0.1, 0.15) is 0 Å². The van der Waals surface area contributed by atoms with E-state index in [-0.39, 0.29) is 29.1 Å². The molecule has 1 rings (SSSR count). The molecule has 0 saturated heterocycles. The summed E-state index contributed by atoms with van der Waals surface area (Å²) in [5, 5.41) is 12.0. The smallest absolute Gasteiger partial charge is 0.305 e. The highest BCUT2D eigenvalue weighted by molar-refractivity contribution is 5.85. The van der Waals surface area contributed by atoms with Crippen molar-refractivity contribution in [3.05, 3.63) is 0 Å². The van der Waals surface area contributed by atoms with Crippen LogP contribution in [0.2, 0.25) is 0 Å². The highest BCUT2D eigenvalue weighted by atomic mass is 16.4. The molecule has 4 nitrogen and oxygen atoms in total. The van der Waals surface area contributed by atoms with Crippen molar-refractivity contribution in [1.29, 1.82) is 0 Å². The van der Waals surface area contributed by atoms with E-state index >= 15 is 0 Å². The van der Waals surface area contributed by atoms with Crippen molar-refractivity contribution in [2.45, 2.75) is 66.3 Å². The molecule has 0 aromatic carbocycles. The van der Waals surface area contributed by atoms with Crippen molar-refractivity contribution in [2.24, 2.45) is 16.7 Å². The van der Waals surface area contributed by atoms with Crippen LogP contribution in [0.1, 0.15) is 60.8 Å². The van der Waals surface area contributed by atoms with Crippen LogP contribution < -0.4 is 5.32 Å². The van der Waals surface area contributed by atoms with Gasteiger partial charge in [0.05, 0.1) is 6.42 Å². The van der Waals surface area contributed by atoms with Crippen LogP contribution in [0.3, 0.4) is 0 Å². The van der Waals surface area contributed by atoms with Crippen molar-refractivity contribution < 1.29 is 14.7 Å². The Morgan fingerprint density at radius 1 is 1.11 bits per heavy atom. The second kappa shape index (κ2) is 4.80. The maximum absolute atomic E-state index is 12.4. The number of aliphatic carboxylic acids is 1. The summed E-state index contributed by atoms with van der Waals surface area (Å²) in [6.07, 6.45) is 1.25. The number of carbonyl (C=O) groups excluding carboxylic acids is 1. The molecule has 2 N–H and O–H groups in total. The molecule has 19 heavy (non-hydrogen) atoms. The summed E-state index contributed by atoms with van der Waals surface area (Å²) in [5.41, 5.74) is -0.654. The van der Waals surface area contributed by atoms with E-state index in [0.29, 0.717) is 12.8 Å². The van der Waals surface area contributed by atoms with E-state index in [1.165, 1.54) is 0 Å². The average molecular weight is 269 g/mol. The van der Waals surface area contributed by atoms with Gasteiger partial charge < -0.3 is 10.4 Å². The number of hydrogen-bond donors (Lipinski definition) is 2. The molecule has 0 aliphatic heterocycles. The fourth-order valence-electron chi connectivity index (χ4n) is 3.20. The Labute approximate surface area is 116 Å². The van der Waals surface area contributed by atoms with Crippen LogP contribution in [0, 0.1) is 16.7 Å². The Balaban J connectivity index is 2.82. The Hall–Kier alpha value is -1.06. The molecule has 1 amide bonds. The van der Waals surface area contributed by atoms with Crippen molar-refractivity contribution in [2.75, 3.05) is 0 Å². The number of carbonyl (C=O) groups is 2. The second-order valence-corrected chi connectivity index (χ2v) is 6.92. The van der Waals surface area contributed by atoms with E-state index in [1.54, 1.807) is 0 Å². The maximum atomic E-state index is 12.4. The van der Waals surface area contributed by atoms with E-state index in [4.69, 9.17) is 5.11 Å². The Morgan fingerprint density at radius 3 is 1.79 bits per heavy atom. The first-order valence-corrected chi connectivity index (χ1v) is 7.08.